The number of unbranched alkanes of at least 4 members (excludes halogenated alkanes) is 3. The molecular formula is C20H22N2. The normalized spacial score (nSPS) is 10.7. The van der Waals surface area contributed by atoms with Crippen molar-refractivity contribution in [1.29, 1.82) is 5.26 Å². The molecule has 2 aromatic carbocycles. The Kier molecular flexibility index (Phi) is 6.39. The molecule has 0 heterocycles. The van der Waals surface area contributed by atoms with Crippen molar-refractivity contribution in [3.8, 4) is 6.07 Å². The van der Waals surface area contributed by atoms with E-state index in [4.69, 9.17) is 5.26 Å². The number of nitriles is 1. The van der Waals surface area contributed by atoms with Crippen molar-refractivity contribution < 1.29 is 0 Å². The Bertz CT molecular complexity index is 631. The van der Waals surface area contributed by atoms with Gasteiger partial charge in [0.15, 0.2) is 0 Å². The third kappa shape index (κ3) is 5.18. The van der Waals surface area contributed by atoms with Crippen LogP contribution >= 0.6 is 0 Å². The van der Waals surface area contributed by atoms with Crippen molar-refractivity contribution in [2.24, 2.45) is 4.99 Å². The molecule has 2 heteroatoms. The van der Waals surface area contributed by atoms with E-state index < -0.39 is 0 Å². The summed E-state index contributed by atoms with van der Waals surface area (Å²) in [7, 11) is 0. The molecule has 0 radical (unpaired) electrons. The number of nitrogens with zero attached hydrogens (tertiary/aromatic N) is 2. The van der Waals surface area contributed by atoms with Crippen LogP contribution in [0.5, 0.6) is 0 Å². The van der Waals surface area contributed by atoms with E-state index in [2.05, 4.69) is 42.3 Å². The lowest BCUT2D eigenvalue weighted by molar-refractivity contribution is 0.667. The minimum atomic E-state index is 0.659. The lowest BCUT2D eigenvalue weighted by atomic mass is 10.0. The SMILES string of the molecule is CCCCCCc1ccc(/C=N/c2ccc(C#N)cc2)cc1. The first-order valence-electron chi connectivity index (χ1n) is 7.95. The van der Waals surface area contributed by atoms with Crippen molar-refractivity contribution in [2.75, 3.05) is 0 Å². The Morgan fingerprint density at radius 2 is 1.68 bits per heavy atom. The van der Waals surface area contributed by atoms with Gasteiger partial charge in [-0.3, -0.25) is 4.99 Å². The zero-order valence-corrected chi connectivity index (χ0v) is 13.1. The molecule has 0 aromatic heterocycles. The number of rotatable bonds is 7. The van der Waals surface area contributed by atoms with Crippen LogP contribution in [0.25, 0.3) is 0 Å². The van der Waals surface area contributed by atoms with Gasteiger partial charge in [0.05, 0.1) is 17.3 Å². The predicted molar refractivity (Wildman–Crippen MR) is 92.7 cm³/mol. The van der Waals surface area contributed by atoms with Gasteiger partial charge in [0.1, 0.15) is 0 Å². The van der Waals surface area contributed by atoms with Crippen molar-refractivity contribution in [1.82, 2.24) is 0 Å². The van der Waals surface area contributed by atoms with Gasteiger partial charge in [-0.15, -0.1) is 0 Å². The molecule has 0 aliphatic rings. The maximum atomic E-state index is 8.77. The second-order valence-electron chi connectivity index (χ2n) is 5.47. The van der Waals surface area contributed by atoms with Gasteiger partial charge in [-0.2, -0.15) is 5.26 Å². The third-order valence-corrected chi connectivity index (χ3v) is 3.66. The van der Waals surface area contributed by atoms with Crippen LogP contribution in [0.3, 0.4) is 0 Å². The molecule has 2 aromatic rings. The first kappa shape index (κ1) is 16.0. The fourth-order valence-corrected chi connectivity index (χ4v) is 2.30. The zero-order valence-electron chi connectivity index (χ0n) is 13.1. The van der Waals surface area contributed by atoms with Gasteiger partial charge in [0, 0.05) is 6.21 Å². The minimum Gasteiger partial charge on any atom is -0.256 e. The van der Waals surface area contributed by atoms with Gasteiger partial charge >= 0.3 is 0 Å². The molecule has 0 aliphatic heterocycles. The van der Waals surface area contributed by atoms with E-state index >= 15 is 0 Å². The highest BCUT2D eigenvalue weighted by Crippen LogP contribution is 2.13. The molecule has 0 fully saturated rings. The second kappa shape index (κ2) is 8.79. The summed E-state index contributed by atoms with van der Waals surface area (Å²) < 4.78 is 0. The largest absolute Gasteiger partial charge is 0.256 e. The van der Waals surface area contributed by atoms with E-state index in [0.717, 1.165) is 17.7 Å². The maximum absolute atomic E-state index is 8.77. The van der Waals surface area contributed by atoms with E-state index in [0.29, 0.717) is 5.56 Å². The zero-order chi connectivity index (χ0) is 15.6. The van der Waals surface area contributed by atoms with Crippen molar-refractivity contribution >= 4 is 11.9 Å². The molecule has 112 valence electrons. The number of aliphatic imine (C=N–C) groups is 1. The van der Waals surface area contributed by atoms with Gasteiger partial charge in [-0.1, -0.05) is 50.5 Å². The molecule has 0 unspecified atom stereocenters. The highest BCUT2D eigenvalue weighted by molar-refractivity contribution is 5.81. The van der Waals surface area contributed by atoms with Crippen LogP contribution in [-0.4, -0.2) is 6.21 Å². The van der Waals surface area contributed by atoms with Gasteiger partial charge in [-0.25, -0.2) is 0 Å². The Balaban J connectivity index is 1.90. The molecule has 2 rings (SSSR count). The lowest BCUT2D eigenvalue weighted by Crippen LogP contribution is -1.87. The average molecular weight is 290 g/mol. The van der Waals surface area contributed by atoms with Crippen LogP contribution in [0, 0.1) is 11.3 Å². The van der Waals surface area contributed by atoms with Gasteiger partial charge < -0.3 is 0 Å². The molecule has 0 atom stereocenters. The third-order valence-electron chi connectivity index (χ3n) is 3.66. The Morgan fingerprint density at radius 1 is 0.955 bits per heavy atom. The van der Waals surface area contributed by atoms with Crippen LogP contribution in [0.2, 0.25) is 0 Å². The van der Waals surface area contributed by atoms with E-state index in [1.165, 1.54) is 31.2 Å². The summed E-state index contributed by atoms with van der Waals surface area (Å²) in [5, 5.41) is 8.77. The van der Waals surface area contributed by atoms with Crippen molar-refractivity contribution in [2.45, 2.75) is 39.0 Å². The molecule has 0 spiro atoms. The Hall–Kier alpha value is -2.40. The molecular weight excluding hydrogens is 268 g/mol. The Morgan fingerprint density at radius 3 is 2.32 bits per heavy atom. The molecule has 2 nitrogen and oxygen atoms in total. The fraction of sp³-hybridized carbons (Fsp3) is 0.300. The van der Waals surface area contributed by atoms with Crippen molar-refractivity contribution in [3.63, 3.8) is 0 Å². The number of hydrogen-bond donors (Lipinski definition) is 0. The summed E-state index contributed by atoms with van der Waals surface area (Å²) in [5.74, 6) is 0. The topological polar surface area (TPSA) is 36.1 Å². The van der Waals surface area contributed by atoms with Crippen LogP contribution in [0.15, 0.2) is 53.5 Å². The highest BCUT2D eigenvalue weighted by Gasteiger charge is 1.95. The van der Waals surface area contributed by atoms with Crippen LogP contribution in [0.4, 0.5) is 5.69 Å². The summed E-state index contributed by atoms with van der Waals surface area (Å²) in [6.45, 7) is 2.24. The lowest BCUT2D eigenvalue weighted by Gasteiger charge is -2.02. The maximum Gasteiger partial charge on any atom is 0.0991 e. The standard InChI is InChI=1S/C20H22N2/c1-2-3-4-5-6-17-7-9-19(10-8-17)16-22-20-13-11-18(15-21)12-14-20/h7-14,16H,2-6H2,1H3/b22-16+. The molecule has 0 bridgehead atoms. The van der Waals surface area contributed by atoms with Crippen LogP contribution in [-0.2, 0) is 6.42 Å². The number of aryl methyl sites for hydroxylation is 1. The molecule has 0 amide bonds. The van der Waals surface area contributed by atoms with Gasteiger partial charge in [-0.05, 0) is 48.2 Å². The molecule has 0 N–H and O–H groups in total. The monoisotopic (exact) mass is 290 g/mol. The number of hydrogen-bond acceptors (Lipinski definition) is 2. The molecule has 0 saturated heterocycles. The highest BCUT2D eigenvalue weighted by atomic mass is 14.7. The quantitative estimate of drug-likeness (QED) is 0.494. The van der Waals surface area contributed by atoms with Gasteiger partial charge in [0.25, 0.3) is 0 Å². The summed E-state index contributed by atoms with van der Waals surface area (Å²) in [6, 6.07) is 18.0. The molecule has 22 heavy (non-hydrogen) atoms. The molecule has 0 saturated carbocycles. The minimum absolute atomic E-state index is 0.659. The summed E-state index contributed by atoms with van der Waals surface area (Å²) >= 11 is 0. The summed E-state index contributed by atoms with van der Waals surface area (Å²) in [6.07, 6.45) is 8.22. The summed E-state index contributed by atoms with van der Waals surface area (Å²) in [5.41, 5.74) is 4.02. The predicted octanol–water partition coefficient (Wildman–Crippen LogP) is 5.43. The van der Waals surface area contributed by atoms with Crippen LogP contribution < -0.4 is 0 Å². The van der Waals surface area contributed by atoms with Crippen molar-refractivity contribution in [3.05, 3.63) is 65.2 Å². The summed E-state index contributed by atoms with van der Waals surface area (Å²) in [4.78, 5) is 4.43. The fourth-order valence-electron chi connectivity index (χ4n) is 2.30. The Labute approximate surface area is 133 Å². The smallest absolute Gasteiger partial charge is 0.0991 e. The van der Waals surface area contributed by atoms with Crippen LogP contribution in [0.1, 0.15) is 49.3 Å². The first-order valence-corrected chi connectivity index (χ1v) is 7.95. The van der Waals surface area contributed by atoms with E-state index in [1.807, 2.05) is 18.3 Å². The first-order chi connectivity index (χ1) is 10.8. The van der Waals surface area contributed by atoms with E-state index in [9.17, 15) is 0 Å². The van der Waals surface area contributed by atoms with E-state index in [-0.39, 0.29) is 0 Å². The number of benzene rings is 2. The van der Waals surface area contributed by atoms with E-state index in [1.54, 1.807) is 12.1 Å². The molecule has 0 aliphatic carbocycles. The average Bonchev–Trinajstić information content (AvgIpc) is 2.58. The second-order valence-corrected chi connectivity index (χ2v) is 5.47. The van der Waals surface area contributed by atoms with Gasteiger partial charge in [0.2, 0.25) is 0 Å².